The summed E-state index contributed by atoms with van der Waals surface area (Å²) in [4.78, 5) is 15.9. The molecule has 0 unspecified atom stereocenters. The van der Waals surface area contributed by atoms with Gasteiger partial charge in [-0.15, -0.1) is 0 Å². The van der Waals surface area contributed by atoms with E-state index in [0.29, 0.717) is 32.0 Å². The van der Waals surface area contributed by atoms with Crippen molar-refractivity contribution in [1.82, 2.24) is 9.38 Å². The lowest BCUT2D eigenvalue weighted by Gasteiger charge is -2.02. The van der Waals surface area contributed by atoms with Gasteiger partial charge in [0.2, 0.25) is 0 Å². The maximum absolute atomic E-state index is 11.6. The number of carbonyl (C=O) groups is 1. The summed E-state index contributed by atoms with van der Waals surface area (Å²) in [6.45, 7) is 0. The van der Waals surface area contributed by atoms with Gasteiger partial charge in [-0.05, 0) is 24.3 Å². The van der Waals surface area contributed by atoms with Crippen LogP contribution in [0.2, 0.25) is 15.1 Å². The molecule has 0 bridgehead atoms. The molecule has 106 valence electrons. The monoisotopic (exact) mass is 340 g/mol. The highest BCUT2D eigenvalue weighted by Gasteiger charge is 2.20. The summed E-state index contributed by atoms with van der Waals surface area (Å²) >= 11 is 17.8. The van der Waals surface area contributed by atoms with Crippen LogP contribution >= 0.6 is 34.8 Å². The van der Waals surface area contributed by atoms with Crippen LogP contribution in [-0.2, 0) is 0 Å². The molecule has 21 heavy (non-hydrogen) atoms. The molecule has 0 atom stereocenters. The molecule has 7 heteroatoms. The fourth-order valence-electron chi connectivity index (χ4n) is 2.07. The number of imidazole rings is 1. The largest absolute Gasteiger partial charge is 0.476 e. The molecule has 0 amide bonds. The Morgan fingerprint density at radius 2 is 1.86 bits per heavy atom. The molecule has 0 radical (unpaired) electrons. The number of fused-ring (bicyclic) bond motifs is 1. The van der Waals surface area contributed by atoms with Crippen molar-refractivity contribution in [2.75, 3.05) is 0 Å². The first-order valence-corrected chi connectivity index (χ1v) is 6.97. The molecule has 2 aromatic heterocycles. The van der Waals surface area contributed by atoms with Gasteiger partial charge in [-0.25, -0.2) is 9.78 Å². The number of carboxylic acid groups (broad SMARTS) is 1. The maximum Gasteiger partial charge on any atom is 0.355 e. The fraction of sp³-hybridized carbons (Fsp3) is 0. The Hall–Kier alpha value is -1.75. The molecule has 0 aliphatic rings. The topological polar surface area (TPSA) is 54.6 Å². The van der Waals surface area contributed by atoms with Gasteiger partial charge in [-0.2, -0.15) is 0 Å². The minimum Gasteiger partial charge on any atom is -0.476 e. The minimum atomic E-state index is -1.11. The van der Waals surface area contributed by atoms with Crippen LogP contribution in [0.1, 0.15) is 10.5 Å². The van der Waals surface area contributed by atoms with Crippen molar-refractivity contribution in [3.63, 3.8) is 0 Å². The molecule has 0 aliphatic heterocycles. The smallest absolute Gasteiger partial charge is 0.355 e. The van der Waals surface area contributed by atoms with Gasteiger partial charge in [0.05, 0.1) is 15.1 Å². The molecular formula is C14H7Cl3N2O2. The number of nitrogens with zero attached hydrogens (tertiary/aromatic N) is 2. The highest BCUT2D eigenvalue weighted by molar-refractivity contribution is 6.42. The Morgan fingerprint density at radius 1 is 1.10 bits per heavy atom. The van der Waals surface area contributed by atoms with E-state index >= 15 is 0 Å². The zero-order valence-electron chi connectivity index (χ0n) is 10.3. The molecule has 1 aromatic carbocycles. The molecule has 1 N–H and O–H groups in total. The lowest BCUT2D eigenvalue weighted by atomic mass is 10.1. The fourth-order valence-corrected chi connectivity index (χ4v) is 2.53. The van der Waals surface area contributed by atoms with Crippen molar-refractivity contribution in [3.8, 4) is 11.3 Å². The van der Waals surface area contributed by atoms with Crippen LogP contribution in [0, 0.1) is 0 Å². The number of hydrogen-bond donors (Lipinski definition) is 1. The second kappa shape index (κ2) is 5.22. The van der Waals surface area contributed by atoms with Crippen LogP contribution in [0.25, 0.3) is 16.9 Å². The minimum absolute atomic E-state index is 0.0193. The molecule has 4 nitrogen and oxygen atoms in total. The van der Waals surface area contributed by atoms with Crippen LogP contribution in [0.5, 0.6) is 0 Å². The van der Waals surface area contributed by atoms with E-state index in [-0.39, 0.29) is 5.69 Å². The lowest BCUT2D eigenvalue weighted by molar-refractivity contribution is 0.0690. The molecular weight excluding hydrogens is 335 g/mol. The van der Waals surface area contributed by atoms with E-state index in [2.05, 4.69) is 4.98 Å². The van der Waals surface area contributed by atoms with Gasteiger partial charge >= 0.3 is 5.97 Å². The maximum atomic E-state index is 11.6. The summed E-state index contributed by atoms with van der Waals surface area (Å²) < 4.78 is 1.43. The second-order valence-electron chi connectivity index (χ2n) is 4.32. The first kappa shape index (κ1) is 14.2. The van der Waals surface area contributed by atoms with Gasteiger partial charge in [-0.1, -0.05) is 40.9 Å². The zero-order chi connectivity index (χ0) is 15.1. The average Bonchev–Trinajstić information content (AvgIpc) is 2.80. The van der Waals surface area contributed by atoms with Crippen LogP contribution < -0.4 is 0 Å². The quantitative estimate of drug-likeness (QED) is 0.737. The zero-order valence-corrected chi connectivity index (χ0v) is 12.6. The predicted octanol–water partition coefficient (Wildman–Crippen LogP) is 4.66. The van der Waals surface area contributed by atoms with E-state index in [1.54, 1.807) is 30.3 Å². The van der Waals surface area contributed by atoms with Crippen molar-refractivity contribution in [3.05, 3.63) is 57.3 Å². The number of rotatable bonds is 2. The number of hydrogen-bond acceptors (Lipinski definition) is 2. The summed E-state index contributed by atoms with van der Waals surface area (Å²) in [5, 5.41) is 10.6. The highest BCUT2D eigenvalue weighted by Crippen LogP contribution is 2.31. The van der Waals surface area contributed by atoms with Crippen LogP contribution in [0.4, 0.5) is 0 Å². The van der Waals surface area contributed by atoms with Gasteiger partial charge in [0.25, 0.3) is 0 Å². The van der Waals surface area contributed by atoms with Gasteiger partial charge in [0.15, 0.2) is 5.69 Å². The summed E-state index contributed by atoms with van der Waals surface area (Å²) in [5.41, 5.74) is 1.38. The summed E-state index contributed by atoms with van der Waals surface area (Å²) in [6.07, 6.45) is 1.51. The van der Waals surface area contributed by atoms with Crippen molar-refractivity contribution in [1.29, 1.82) is 0 Å². The molecule has 0 spiro atoms. The molecule has 0 fully saturated rings. The first-order valence-electron chi connectivity index (χ1n) is 5.83. The van der Waals surface area contributed by atoms with Crippen molar-refractivity contribution in [2.24, 2.45) is 0 Å². The average molecular weight is 342 g/mol. The molecule has 3 rings (SSSR count). The van der Waals surface area contributed by atoms with Gasteiger partial charge in [0.1, 0.15) is 11.3 Å². The third-order valence-corrected chi connectivity index (χ3v) is 3.94. The van der Waals surface area contributed by atoms with E-state index in [0.717, 1.165) is 0 Å². The van der Waals surface area contributed by atoms with Crippen LogP contribution in [-0.4, -0.2) is 20.5 Å². The van der Waals surface area contributed by atoms with E-state index in [9.17, 15) is 9.90 Å². The van der Waals surface area contributed by atoms with E-state index in [1.165, 1.54) is 10.6 Å². The Labute approximate surface area is 134 Å². The van der Waals surface area contributed by atoms with Crippen molar-refractivity contribution < 1.29 is 9.90 Å². The van der Waals surface area contributed by atoms with E-state index in [4.69, 9.17) is 34.8 Å². The third kappa shape index (κ3) is 2.46. The molecule has 0 aliphatic carbocycles. The third-order valence-electron chi connectivity index (χ3n) is 2.98. The van der Waals surface area contributed by atoms with Crippen molar-refractivity contribution >= 4 is 46.4 Å². The van der Waals surface area contributed by atoms with Gasteiger partial charge in [-0.3, -0.25) is 4.40 Å². The Morgan fingerprint density at radius 3 is 2.52 bits per heavy atom. The summed E-state index contributed by atoms with van der Waals surface area (Å²) in [6, 6.07) is 8.15. The number of aromatic nitrogens is 2. The Kier molecular flexibility index (Phi) is 3.53. The van der Waals surface area contributed by atoms with Crippen LogP contribution in [0.3, 0.4) is 0 Å². The highest BCUT2D eigenvalue weighted by atomic mass is 35.5. The molecule has 0 saturated carbocycles. The standard InChI is InChI=1S/C14H7Cl3N2O2/c15-8-2-4-11-18-12(13(14(20)21)19(11)6-8)7-1-3-9(16)10(17)5-7/h1-6H,(H,20,21). The Bertz CT molecular complexity index is 874. The number of carboxylic acids is 1. The molecule has 0 saturated heterocycles. The number of benzene rings is 1. The predicted molar refractivity (Wildman–Crippen MR) is 82.6 cm³/mol. The first-order chi connectivity index (χ1) is 9.97. The lowest BCUT2D eigenvalue weighted by Crippen LogP contribution is -2.03. The number of halogens is 3. The van der Waals surface area contributed by atoms with Gasteiger partial charge in [0, 0.05) is 11.8 Å². The molecule has 3 aromatic rings. The normalized spacial score (nSPS) is 11.0. The molecule has 2 heterocycles. The van der Waals surface area contributed by atoms with Crippen molar-refractivity contribution in [2.45, 2.75) is 0 Å². The second-order valence-corrected chi connectivity index (χ2v) is 5.57. The Balaban J connectivity index is 2.33. The van der Waals surface area contributed by atoms with E-state index in [1.807, 2.05) is 0 Å². The number of pyridine rings is 1. The SMILES string of the molecule is O=C(O)c1c(-c2ccc(Cl)c(Cl)c2)nc2ccc(Cl)cn12. The summed E-state index contributed by atoms with van der Waals surface area (Å²) in [7, 11) is 0. The number of aromatic carboxylic acids is 1. The van der Waals surface area contributed by atoms with E-state index < -0.39 is 5.97 Å². The van der Waals surface area contributed by atoms with Crippen LogP contribution in [0.15, 0.2) is 36.5 Å². The summed E-state index contributed by atoms with van der Waals surface area (Å²) in [5.74, 6) is -1.11. The van der Waals surface area contributed by atoms with Gasteiger partial charge < -0.3 is 5.11 Å².